The molecule has 3 aromatic rings. The van der Waals surface area contributed by atoms with Crippen molar-refractivity contribution in [3.63, 3.8) is 0 Å². The van der Waals surface area contributed by atoms with E-state index >= 15 is 0 Å². The van der Waals surface area contributed by atoms with Crippen molar-refractivity contribution in [2.24, 2.45) is 5.92 Å². The van der Waals surface area contributed by atoms with Gasteiger partial charge in [0.25, 0.3) is 0 Å². The van der Waals surface area contributed by atoms with E-state index in [4.69, 9.17) is 4.74 Å². The number of aromatic nitrogens is 2. The lowest BCUT2D eigenvalue weighted by molar-refractivity contribution is -0.131. The molecule has 1 amide bonds. The van der Waals surface area contributed by atoms with Gasteiger partial charge in [0.1, 0.15) is 28.8 Å². The second-order valence-corrected chi connectivity index (χ2v) is 7.96. The Labute approximate surface area is 161 Å². The fourth-order valence-electron chi connectivity index (χ4n) is 3.48. The van der Waals surface area contributed by atoms with Gasteiger partial charge in [-0.2, -0.15) is 0 Å². The van der Waals surface area contributed by atoms with Crippen LogP contribution in [-0.4, -0.2) is 40.0 Å². The number of hydrogen-bond acceptors (Lipinski definition) is 6. The Bertz CT molecular complexity index is 985. The molecule has 2 aromatic heterocycles. The molecule has 1 aliphatic heterocycles. The van der Waals surface area contributed by atoms with E-state index < -0.39 is 0 Å². The summed E-state index contributed by atoms with van der Waals surface area (Å²) in [4.78, 5) is 23.8. The fourth-order valence-corrected chi connectivity index (χ4v) is 4.22. The molecule has 6 nitrogen and oxygen atoms in total. The highest BCUT2D eigenvalue weighted by Gasteiger charge is 2.37. The smallest absolute Gasteiger partial charge is 0.225 e. The van der Waals surface area contributed by atoms with Crippen molar-refractivity contribution < 1.29 is 9.53 Å². The third kappa shape index (κ3) is 3.35. The molecule has 1 saturated heterocycles. The van der Waals surface area contributed by atoms with Crippen LogP contribution in [0.15, 0.2) is 42.0 Å². The van der Waals surface area contributed by atoms with Crippen LogP contribution in [0, 0.1) is 5.92 Å². The van der Waals surface area contributed by atoms with Gasteiger partial charge in [0.2, 0.25) is 5.91 Å². The number of nitrogens with one attached hydrogen (secondary N) is 1. The van der Waals surface area contributed by atoms with Crippen LogP contribution < -0.4 is 10.1 Å². The van der Waals surface area contributed by atoms with Gasteiger partial charge in [-0.25, -0.2) is 9.97 Å². The zero-order chi connectivity index (χ0) is 18.2. The molecule has 5 rings (SSSR count). The van der Waals surface area contributed by atoms with Crippen molar-refractivity contribution in [3.8, 4) is 5.75 Å². The van der Waals surface area contributed by atoms with E-state index in [-0.39, 0.29) is 12.0 Å². The number of rotatable bonds is 5. The van der Waals surface area contributed by atoms with Crippen molar-refractivity contribution in [2.75, 3.05) is 18.4 Å². The third-order valence-electron chi connectivity index (χ3n) is 5.08. The van der Waals surface area contributed by atoms with Crippen LogP contribution in [0.1, 0.15) is 19.3 Å². The summed E-state index contributed by atoms with van der Waals surface area (Å²) in [7, 11) is 0. The molecule has 7 heteroatoms. The second-order valence-electron chi connectivity index (χ2n) is 7.07. The third-order valence-corrected chi connectivity index (χ3v) is 5.90. The van der Waals surface area contributed by atoms with Gasteiger partial charge in [0, 0.05) is 18.9 Å². The van der Waals surface area contributed by atoms with Gasteiger partial charge in [-0.1, -0.05) is 12.1 Å². The van der Waals surface area contributed by atoms with E-state index in [1.165, 1.54) is 0 Å². The number of para-hydroxylation sites is 2. The van der Waals surface area contributed by atoms with E-state index in [0.717, 1.165) is 53.3 Å². The Balaban J connectivity index is 1.32. The van der Waals surface area contributed by atoms with Gasteiger partial charge in [-0.05, 0) is 36.4 Å². The van der Waals surface area contributed by atoms with Crippen molar-refractivity contribution in [2.45, 2.75) is 25.4 Å². The van der Waals surface area contributed by atoms with E-state index in [2.05, 4.69) is 15.3 Å². The molecule has 2 fully saturated rings. The molecule has 1 N–H and O–H groups in total. The SMILES string of the molecule is O=C(C1CC1)N1CCC(Oc2ccccc2Nc2ncnc3sccc23)C1. The molecule has 1 unspecified atom stereocenters. The minimum absolute atomic E-state index is 0.0298. The lowest BCUT2D eigenvalue weighted by Crippen LogP contribution is -2.32. The number of anilines is 2. The van der Waals surface area contributed by atoms with Crippen LogP contribution in [-0.2, 0) is 4.79 Å². The second kappa shape index (κ2) is 6.81. The molecule has 1 aromatic carbocycles. The Morgan fingerprint density at radius 3 is 2.96 bits per heavy atom. The normalized spacial score (nSPS) is 19.4. The van der Waals surface area contributed by atoms with E-state index in [1.807, 2.05) is 40.6 Å². The largest absolute Gasteiger partial charge is 0.486 e. The molecule has 0 bridgehead atoms. The highest BCUT2D eigenvalue weighted by atomic mass is 32.1. The first-order chi connectivity index (χ1) is 13.3. The lowest BCUT2D eigenvalue weighted by Gasteiger charge is -2.19. The number of likely N-dealkylation sites (tertiary alicyclic amines) is 1. The molecule has 1 saturated carbocycles. The molecule has 138 valence electrons. The topological polar surface area (TPSA) is 67.3 Å². The van der Waals surface area contributed by atoms with Crippen LogP contribution in [0.25, 0.3) is 10.2 Å². The number of carbonyl (C=O) groups excluding carboxylic acids is 1. The first-order valence-corrected chi connectivity index (χ1v) is 10.2. The van der Waals surface area contributed by atoms with Crippen LogP contribution in [0.5, 0.6) is 5.75 Å². The molecule has 1 aliphatic carbocycles. The summed E-state index contributed by atoms with van der Waals surface area (Å²) >= 11 is 1.59. The van der Waals surface area contributed by atoms with Crippen molar-refractivity contribution in [1.82, 2.24) is 14.9 Å². The van der Waals surface area contributed by atoms with Crippen LogP contribution >= 0.6 is 11.3 Å². The molecular weight excluding hydrogens is 360 g/mol. The average Bonchev–Trinajstić information content (AvgIpc) is 3.23. The number of ether oxygens (including phenoxy) is 1. The van der Waals surface area contributed by atoms with Gasteiger partial charge in [0.05, 0.1) is 17.6 Å². The van der Waals surface area contributed by atoms with E-state index in [0.29, 0.717) is 12.5 Å². The van der Waals surface area contributed by atoms with E-state index in [1.54, 1.807) is 17.7 Å². The number of nitrogens with zero attached hydrogens (tertiary/aromatic N) is 3. The predicted octanol–water partition coefficient (Wildman–Crippen LogP) is 3.82. The fraction of sp³-hybridized carbons (Fsp3) is 0.350. The summed E-state index contributed by atoms with van der Waals surface area (Å²) in [5, 5.41) is 6.40. The number of amides is 1. The van der Waals surface area contributed by atoms with E-state index in [9.17, 15) is 4.79 Å². The van der Waals surface area contributed by atoms with Gasteiger partial charge >= 0.3 is 0 Å². The van der Waals surface area contributed by atoms with Crippen LogP contribution in [0.2, 0.25) is 0 Å². The number of benzene rings is 1. The maximum Gasteiger partial charge on any atom is 0.225 e. The Kier molecular flexibility index (Phi) is 4.16. The molecule has 3 heterocycles. The lowest BCUT2D eigenvalue weighted by atomic mass is 10.2. The molecular formula is C20H20N4O2S. The summed E-state index contributed by atoms with van der Waals surface area (Å²) in [5.41, 5.74) is 0.871. The van der Waals surface area contributed by atoms with Gasteiger partial charge < -0.3 is 15.0 Å². The van der Waals surface area contributed by atoms with Crippen molar-refractivity contribution >= 4 is 39.0 Å². The minimum atomic E-state index is 0.0298. The number of thiophene rings is 1. The average molecular weight is 380 g/mol. The minimum Gasteiger partial charge on any atom is -0.486 e. The van der Waals surface area contributed by atoms with Crippen LogP contribution in [0.4, 0.5) is 11.5 Å². The monoisotopic (exact) mass is 380 g/mol. The summed E-state index contributed by atoms with van der Waals surface area (Å²) in [6.07, 6.45) is 4.56. The molecule has 0 spiro atoms. The first kappa shape index (κ1) is 16.5. The molecule has 1 atom stereocenters. The van der Waals surface area contributed by atoms with Crippen molar-refractivity contribution in [3.05, 3.63) is 42.0 Å². The summed E-state index contributed by atoms with van der Waals surface area (Å²) in [6, 6.07) is 9.89. The maximum absolute atomic E-state index is 12.3. The standard InChI is InChI=1S/C20H20N4O2S/c25-20(13-5-6-13)24-9-7-14(11-24)26-17-4-2-1-3-16(17)23-18-15-8-10-27-19(15)22-12-21-18/h1-4,8,10,12-14H,5-7,9,11H2,(H,21,22,23). The number of hydrogen-bond donors (Lipinski definition) is 1. The Hall–Kier alpha value is -2.67. The van der Waals surface area contributed by atoms with Gasteiger partial charge in [-0.3, -0.25) is 4.79 Å². The first-order valence-electron chi connectivity index (χ1n) is 9.27. The quantitative estimate of drug-likeness (QED) is 0.729. The highest BCUT2D eigenvalue weighted by molar-refractivity contribution is 7.16. The molecule has 27 heavy (non-hydrogen) atoms. The zero-order valence-corrected chi connectivity index (χ0v) is 15.6. The maximum atomic E-state index is 12.3. The van der Waals surface area contributed by atoms with Crippen molar-refractivity contribution in [1.29, 1.82) is 0 Å². The zero-order valence-electron chi connectivity index (χ0n) is 14.8. The van der Waals surface area contributed by atoms with Gasteiger partial charge in [-0.15, -0.1) is 11.3 Å². The summed E-state index contributed by atoms with van der Waals surface area (Å²) in [5.74, 6) is 2.12. The number of fused-ring (bicyclic) bond motifs is 1. The summed E-state index contributed by atoms with van der Waals surface area (Å²) < 4.78 is 6.26. The Morgan fingerprint density at radius 1 is 1.19 bits per heavy atom. The Morgan fingerprint density at radius 2 is 2.07 bits per heavy atom. The molecule has 2 aliphatic rings. The predicted molar refractivity (Wildman–Crippen MR) is 105 cm³/mol. The highest BCUT2D eigenvalue weighted by Crippen LogP contribution is 2.34. The number of carbonyl (C=O) groups is 1. The summed E-state index contributed by atoms with van der Waals surface area (Å²) in [6.45, 7) is 1.46. The van der Waals surface area contributed by atoms with Crippen LogP contribution in [0.3, 0.4) is 0 Å². The van der Waals surface area contributed by atoms with Gasteiger partial charge in [0.15, 0.2) is 0 Å². The molecule has 0 radical (unpaired) electrons.